The maximum absolute atomic E-state index is 13.2. The van der Waals surface area contributed by atoms with E-state index in [-0.39, 0.29) is 11.9 Å². The van der Waals surface area contributed by atoms with E-state index in [1.165, 1.54) is 17.7 Å². The molecule has 0 aliphatic carbocycles. The largest absolute Gasteiger partial charge is 0.483 e. The van der Waals surface area contributed by atoms with Gasteiger partial charge in [-0.15, -0.1) is 28.1 Å². The molecular formula is C24H23FN4OS2. The van der Waals surface area contributed by atoms with Crippen LogP contribution in [0.2, 0.25) is 0 Å². The first-order valence-corrected chi connectivity index (χ1v) is 12.0. The number of rotatable bonds is 9. The van der Waals surface area contributed by atoms with Crippen LogP contribution < -0.4 is 4.74 Å². The normalized spacial score (nSPS) is 12.0. The lowest BCUT2D eigenvalue weighted by molar-refractivity contribution is 0.210. The van der Waals surface area contributed by atoms with Crippen LogP contribution in [0.25, 0.3) is 10.6 Å². The van der Waals surface area contributed by atoms with E-state index in [4.69, 9.17) is 9.72 Å². The average Bonchev–Trinajstić information content (AvgIpc) is 3.41. The van der Waals surface area contributed by atoms with Gasteiger partial charge in [0.1, 0.15) is 16.6 Å². The summed E-state index contributed by atoms with van der Waals surface area (Å²) < 4.78 is 21.1. The first-order chi connectivity index (χ1) is 15.5. The first-order valence-electron chi connectivity index (χ1n) is 10.1. The number of benzene rings is 2. The zero-order valence-electron chi connectivity index (χ0n) is 17.9. The predicted molar refractivity (Wildman–Crippen MR) is 128 cm³/mol. The lowest BCUT2D eigenvalue weighted by Gasteiger charge is -2.15. The van der Waals surface area contributed by atoms with Crippen LogP contribution in [0.5, 0.6) is 5.75 Å². The molecule has 32 heavy (non-hydrogen) atoms. The quantitative estimate of drug-likeness (QED) is 0.209. The van der Waals surface area contributed by atoms with Gasteiger partial charge in [-0.05, 0) is 44.2 Å². The average molecular weight is 467 g/mol. The number of halogens is 1. The van der Waals surface area contributed by atoms with E-state index in [1.807, 2.05) is 11.5 Å². The molecule has 4 rings (SSSR count). The number of thioether (sulfide) groups is 1. The van der Waals surface area contributed by atoms with Gasteiger partial charge < -0.3 is 4.74 Å². The fourth-order valence-electron chi connectivity index (χ4n) is 3.20. The van der Waals surface area contributed by atoms with Gasteiger partial charge in [0.2, 0.25) is 0 Å². The second-order valence-corrected chi connectivity index (χ2v) is 9.06. The van der Waals surface area contributed by atoms with Crippen molar-refractivity contribution >= 4 is 23.1 Å². The molecule has 0 fully saturated rings. The van der Waals surface area contributed by atoms with E-state index < -0.39 is 0 Å². The van der Waals surface area contributed by atoms with E-state index in [2.05, 4.69) is 53.3 Å². The lowest BCUT2D eigenvalue weighted by atomic mass is 10.1. The first kappa shape index (κ1) is 22.2. The van der Waals surface area contributed by atoms with Crippen molar-refractivity contribution in [1.82, 2.24) is 19.7 Å². The minimum atomic E-state index is -0.352. The van der Waals surface area contributed by atoms with Crippen LogP contribution in [0.1, 0.15) is 30.1 Å². The summed E-state index contributed by atoms with van der Waals surface area (Å²) in [7, 11) is 0. The summed E-state index contributed by atoms with van der Waals surface area (Å²) in [6.45, 7) is 8.40. The van der Waals surface area contributed by atoms with E-state index >= 15 is 0 Å². The Labute approximate surface area is 195 Å². The maximum atomic E-state index is 13.2. The van der Waals surface area contributed by atoms with Gasteiger partial charge in [-0.3, -0.25) is 4.57 Å². The Bertz CT molecular complexity index is 1200. The van der Waals surface area contributed by atoms with Crippen molar-refractivity contribution in [2.45, 2.75) is 37.4 Å². The second kappa shape index (κ2) is 10.1. The summed E-state index contributed by atoms with van der Waals surface area (Å²) in [6.07, 6.45) is 1.45. The summed E-state index contributed by atoms with van der Waals surface area (Å²) >= 11 is 3.22. The van der Waals surface area contributed by atoms with Crippen molar-refractivity contribution in [3.8, 4) is 16.3 Å². The molecule has 8 heteroatoms. The highest BCUT2D eigenvalue weighted by Crippen LogP contribution is 2.29. The number of ether oxygens (including phenoxy) is 1. The molecule has 0 aliphatic rings. The highest BCUT2D eigenvalue weighted by atomic mass is 32.2. The predicted octanol–water partition coefficient (Wildman–Crippen LogP) is 6.47. The van der Waals surface area contributed by atoms with Gasteiger partial charge in [0.05, 0.1) is 5.69 Å². The van der Waals surface area contributed by atoms with Gasteiger partial charge in [-0.2, -0.15) is 0 Å². The molecule has 2 aromatic heterocycles. The maximum Gasteiger partial charge on any atom is 0.192 e. The SMILES string of the molecule is C=CCn1c(SCc2csc(-c3cccc(C)c3)n2)nnc1C(C)Oc1ccc(F)cc1. The topological polar surface area (TPSA) is 52.8 Å². The van der Waals surface area contributed by atoms with Crippen LogP contribution in [0.4, 0.5) is 4.39 Å². The van der Waals surface area contributed by atoms with E-state index in [0.717, 1.165) is 21.4 Å². The number of aryl methyl sites for hydroxylation is 1. The van der Waals surface area contributed by atoms with Gasteiger partial charge in [0.15, 0.2) is 17.1 Å². The van der Waals surface area contributed by atoms with Gasteiger partial charge in [0.25, 0.3) is 0 Å². The third kappa shape index (κ3) is 5.26. The smallest absolute Gasteiger partial charge is 0.192 e. The van der Waals surface area contributed by atoms with Crippen LogP contribution in [0.3, 0.4) is 0 Å². The lowest BCUT2D eigenvalue weighted by Crippen LogP contribution is -2.12. The number of thiazole rings is 1. The molecule has 0 N–H and O–H groups in total. The van der Waals surface area contributed by atoms with Crippen LogP contribution >= 0.6 is 23.1 Å². The molecule has 1 unspecified atom stereocenters. The number of allylic oxidation sites excluding steroid dienone is 1. The van der Waals surface area contributed by atoms with Gasteiger partial charge in [-0.1, -0.05) is 41.6 Å². The summed E-state index contributed by atoms with van der Waals surface area (Å²) in [5, 5.41) is 12.6. The molecule has 2 aromatic carbocycles. The van der Waals surface area contributed by atoms with Crippen LogP contribution in [0.15, 0.2) is 71.7 Å². The van der Waals surface area contributed by atoms with Crippen LogP contribution in [-0.4, -0.2) is 19.7 Å². The molecule has 2 heterocycles. The third-order valence-corrected chi connectivity index (χ3v) is 6.65. The van der Waals surface area contributed by atoms with E-state index in [1.54, 1.807) is 41.3 Å². The Kier molecular flexibility index (Phi) is 7.02. The fourth-order valence-corrected chi connectivity index (χ4v) is 4.97. The highest BCUT2D eigenvalue weighted by molar-refractivity contribution is 7.98. The molecule has 0 saturated carbocycles. The Balaban J connectivity index is 1.46. The molecule has 0 radical (unpaired) electrons. The minimum absolute atomic E-state index is 0.300. The fraction of sp³-hybridized carbons (Fsp3) is 0.208. The number of hydrogen-bond acceptors (Lipinski definition) is 6. The Morgan fingerprint density at radius 1 is 1.22 bits per heavy atom. The Morgan fingerprint density at radius 3 is 2.78 bits per heavy atom. The van der Waals surface area contributed by atoms with Crippen LogP contribution in [-0.2, 0) is 12.3 Å². The standard InChI is InChI=1S/C24H23FN4OS2/c1-4-12-29-22(17(3)30-21-10-8-19(25)9-11-21)27-28-24(29)32-15-20-14-31-23(26-20)18-7-5-6-16(2)13-18/h4-11,13-14,17H,1,12,15H2,2-3H3. The van der Waals surface area contributed by atoms with Crippen molar-refractivity contribution in [3.63, 3.8) is 0 Å². The zero-order chi connectivity index (χ0) is 22.5. The number of nitrogens with zero attached hydrogens (tertiary/aromatic N) is 4. The van der Waals surface area contributed by atoms with Crippen molar-refractivity contribution in [3.05, 3.63) is 89.5 Å². The molecule has 164 valence electrons. The Hall–Kier alpha value is -2.97. The van der Waals surface area contributed by atoms with Crippen LogP contribution in [0, 0.1) is 12.7 Å². The zero-order valence-corrected chi connectivity index (χ0v) is 19.5. The summed E-state index contributed by atoms with van der Waals surface area (Å²) in [4.78, 5) is 4.78. The molecule has 0 bridgehead atoms. The van der Waals surface area contributed by atoms with Gasteiger partial charge >= 0.3 is 0 Å². The number of hydrogen-bond donors (Lipinski definition) is 0. The molecule has 0 amide bonds. The van der Waals surface area contributed by atoms with E-state index in [0.29, 0.717) is 23.9 Å². The molecule has 0 spiro atoms. The van der Waals surface area contributed by atoms with Gasteiger partial charge in [0, 0.05) is 23.2 Å². The Morgan fingerprint density at radius 2 is 2.03 bits per heavy atom. The molecule has 5 nitrogen and oxygen atoms in total. The summed E-state index contributed by atoms with van der Waals surface area (Å²) in [6, 6.07) is 14.3. The third-order valence-electron chi connectivity index (χ3n) is 4.71. The molecule has 1 atom stereocenters. The van der Waals surface area contributed by atoms with Gasteiger partial charge in [-0.25, -0.2) is 9.37 Å². The van der Waals surface area contributed by atoms with Crippen molar-refractivity contribution in [2.24, 2.45) is 0 Å². The summed E-state index contributed by atoms with van der Waals surface area (Å²) in [5.41, 5.74) is 3.35. The van der Waals surface area contributed by atoms with Crippen molar-refractivity contribution in [2.75, 3.05) is 0 Å². The molecular weight excluding hydrogens is 443 g/mol. The second-order valence-electron chi connectivity index (χ2n) is 7.26. The molecule has 0 saturated heterocycles. The van der Waals surface area contributed by atoms with Crippen molar-refractivity contribution < 1.29 is 9.13 Å². The monoisotopic (exact) mass is 466 g/mol. The summed E-state index contributed by atoms with van der Waals surface area (Å²) in [5.74, 6) is 1.65. The minimum Gasteiger partial charge on any atom is -0.483 e. The highest BCUT2D eigenvalue weighted by Gasteiger charge is 2.19. The van der Waals surface area contributed by atoms with E-state index in [9.17, 15) is 4.39 Å². The number of aromatic nitrogens is 4. The van der Waals surface area contributed by atoms with Crippen molar-refractivity contribution in [1.29, 1.82) is 0 Å². The molecule has 0 aliphatic heterocycles. The molecule has 4 aromatic rings.